The second-order valence-corrected chi connectivity index (χ2v) is 9.00. The van der Waals surface area contributed by atoms with Crippen molar-refractivity contribution in [3.05, 3.63) is 29.3 Å². The summed E-state index contributed by atoms with van der Waals surface area (Å²) in [5, 5.41) is 6.24. The molecule has 1 rings (SSSR count). The molecular formula is C20H36IN3O3S. The van der Waals surface area contributed by atoms with Crippen molar-refractivity contribution in [3.8, 4) is 5.75 Å². The highest BCUT2D eigenvalue weighted by molar-refractivity contribution is 14.0. The van der Waals surface area contributed by atoms with Crippen molar-refractivity contribution in [1.82, 2.24) is 10.6 Å². The zero-order chi connectivity index (χ0) is 20.1. The smallest absolute Gasteiger partial charge is 0.191 e. The number of benzene rings is 1. The van der Waals surface area contributed by atoms with Crippen LogP contribution in [0.3, 0.4) is 0 Å². The summed E-state index contributed by atoms with van der Waals surface area (Å²) in [6.07, 6.45) is 3.37. The molecule has 0 spiro atoms. The van der Waals surface area contributed by atoms with Crippen LogP contribution in [-0.4, -0.2) is 45.6 Å². The van der Waals surface area contributed by atoms with Crippen molar-refractivity contribution >= 4 is 39.8 Å². The monoisotopic (exact) mass is 525 g/mol. The van der Waals surface area contributed by atoms with Crippen LogP contribution in [0, 0.1) is 6.92 Å². The molecule has 0 atom stereocenters. The first-order valence-corrected chi connectivity index (χ1v) is 11.7. The summed E-state index contributed by atoms with van der Waals surface area (Å²) in [5.41, 5.74) is 2.18. The highest BCUT2D eigenvalue weighted by Crippen LogP contribution is 2.21. The molecule has 28 heavy (non-hydrogen) atoms. The van der Waals surface area contributed by atoms with Crippen molar-refractivity contribution in [2.75, 3.05) is 31.2 Å². The molecule has 0 saturated heterocycles. The number of nitrogens with zero attached hydrogens (tertiary/aromatic N) is 1. The third-order valence-corrected chi connectivity index (χ3v) is 5.83. The lowest BCUT2D eigenvalue weighted by atomic mass is 10.1. The third-order valence-electron chi connectivity index (χ3n) is 4.13. The molecule has 0 unspecified atom stereocenters. The molecule has 0 bridgehead atoms. The Kier molecular flexibility index (Phi) is 14.3. The largest absolute Gasteiger partial charge is 0.493 e. The molecule has 0 fully saturated rings. The van der Waals surface area contributed by atoms with E-state index < -0.39 is 9.84 Å². The number of halogens is 1. The van der Waals surface area contributed by atoms with Gasteiger partial charge in [-0.1, -0.05) is 38.8 Å². The van der Waals surface area contributed by atoms with Crippen LogP contribution in [0.2, 0.25) is 0 Å². The van der Waals surface area contributed by atoms with E-state index in [9.17, 15) is 8.42 Å². The van der Waals surface area contributed by atoms with Gasteiger partial charge in [0.25, 0.3) is 0 Å². The number of hydrogen-bond acceptors (Lipinski definition) is 4. The van der Waals surface area contributed by atoms with E-state index in [1.165, 1.54) is 6.42 Å². The van der Waals surface area contributed by atoms with Gasteiger partial charge in [0, 0.05) is 24.4 Å². The van der Waals surface area contributed by atoms with Crippen LogP contribution < -0.4 is 15.4 Å². The lowest BCUT2D eigenvalue weighted by Crippen LogP contribution is -2.39. The first-order chi connectivity index (χ1) is 12.9. The number of guanidine groups is 1. The maximum absolute atomic E-state index is 11.6. The van der Waals surface area contributed by atoms with Crippen molar-refractivity contribution in [2.45, 2.75) is 53.5 Å². The molecule has 1 aromatic carbocycles. The number of rotatable bonds is 12. The zero-order valence-corrected chi connectivity index (χ0v) is 20.7. The minimum absolute atomic E-state index is 0. The van der Waals surface area contributed by atoms with Gasteiger partial charge in [-0.3, -0.25) is 0 Å². The molecule has 0 radical (unpaired) electrons. The minimum atomic E-state index is -2.99. The van der Waals surface area contributed by atoms with Gasteiger partial charge in [-0.05, 0) is 31.9 Å². The molecule has 8 heteroatoms. The quantitative estimate of drug-likeness (QED) is 0.189. The van der Waals surface area contributed by atoms with Gasteiger partial charge in [-0.15, -0.1) is 24.0 Å². The summed E-state index contributed by atoms with van der Waals surface area (Å²) < 4.78 is 29.2. The maximum Gasteiger partial charge on any atom is 0.191 e. The van der Waals surface area contributed by atoms with Crippen molar-refractivity contribution in [2.24, 2.45) is 4.99 Å². The molecule has 1 aromatic rings. The summed E-state index contributed by atoms with van der Waals surface area (Å²) in [7, 11) is -2.99. The number of hydrogen-bond donors (Lipinski definition) is 2. The number of sulfone groups is 1. The first-order valence-electron chi connectivity index (χ1n) is 9.86. The van der Waals surface area contributed by atoms with E-state index in [1.807, 2.05) is 26.0 Å². The lowest BCUT2D eigenvalue weighted by molar-refractivity contribution is 0.303. The second-order valence-electron chi connectivity index (χ2n) is 6.53. The fourth-order valence-corrected chi connectivity index (χ4v) is 3.14. The lowest BCUT2D eigenvalue weighted by Gasteiger charge is -2.13. The molecule has 0 aliphatic carbocycles. The molecule has 162 valence electrons. The van der Waals surface area contributed by atoms with Gasteiger partial charge < -0.3 is 15.4 Å². The molecule has 0 amide bonds. The Balaban J connectivity index is 0.00000729. The van der Waals surface area contributed by atoms with Crippen LogP contribution in [-0.2, 0) is 16.4 Å². The third kappa shape index (κ3) is 11.1. The Bertz CT molecular complexity index is 694. The Morgan fingerprint density at radius 2 is 1.89 bits per heavy atom. The van der Waals surface area contributed by atoms with Gasteiger partial charge in [0.1, 0.15) is 5.75 Å². The summed E-state index contributed by atoms with van der Waals surface area (Å²) in [6.45, 7) is 10.1. The fraction of sp³-hybridized carbons (Fsp3) is 0.650. The average molecular weight is 525 g/mol. The Morgan fingerprint density at radius 1 is 1.14 bits per heavy atom. The highest BCUT2D eigenvalue weighted by atomic mass is 127. The van der Waals surface area contributed by atoms with E-state index >= 15 is 0 Å². The van der Waals surface area contributed by atoms with Crippen LogP contribution in [0.4, 0.5) is 0 Å². The molecular weight excluding hydrogens is 489 g/mol. The SMILES string of the molecule is CCCCCOc1cc(C)ccc1CN=C(NCC)NCCS(=O)(=O)CC.I. The predicted octanol–water partition coefficient (Wildman–Crippen LogP) is 3.67. The topological polar surface area (TPSA) is 79.8 Å². The summed E-state index contributed by atoms with van der Waals surface area (Å²) in [5.74, 6) is 1.75. The van der Waals surface area contributed by atoms with Gasteiger partial charge >= 0.3 is 0 Å². The van der Waals surface area contributed by atoms with E-state index in [2.05, 4.69) is 28.6 Å². The Labute approximate surface area is 187 Å². The fourth-order valence-electron chi connectivity index (χ4n) is 2.44. The molecule has 0 aromatic heterocycles. The van der Waals surface area contributed by atoms with Crippen molar-refractivity contribution < 1.29 is 13.2 Å². The zero-order valence-electron chi connectivity index (χ0n) is 17.6. The first kappa shape index (κ1) is 27.0. The van der Waals surface area contributed by atoms with Gasteiger partial charge in [-0.25, -0.2) is 13.4 Å². The number of ether oxygens (including phenoxy) is 1. The number of aliphatic imine (C=N–C) groups is 1. The van der Waals surface area contributed by atoms with E-state index in [0.29, 0.717) is 32.2 Å². The Morgan fingerprint density at radius 3 is 2.54 bits per heavy atom. The van der Waals surface area contributed by atoms with Gasteiger partial charge in [0.15, 0.2) is 15.8 Å². The average Bonchev–Trinajstić information content (AvgIpc) is 2.64. The van der Waals surface area contributed by atoms with Gasteiger partial charge in [0.05, 0.1) is 18.9 Å². The minimum Gasteiger partial charge on any atom is -0.493 e. The van der Waals surface area contributed by atoms with Crippen LogP contribution >= 0.6 is 24.0 Å². The standard InChI is InChI=1S/C20H35N3O3S.HI/c1-5-8-9-13-26-19-15-17(4)10-11-18(19)16-23-20(21-6-2)22-12-14-27(24,25)7-3;/h10-11,15H,5-9,12-14,16H2,1-4H3,(H2,21,22,23);1H. The molecule has 2 N–H and O–H groups in total. The van der Waals surface area contributed by atoms with Crippen molar-refractivity contribution in [3.63, 3.8) is 0 Å². The van der Waals surface area contributed by atoms with E-state index in [0.717, 1.165) is 29.7 Å². The molecule has 0 aliphatic heterocycles. The van der Waals surface area contributed by atoms with Crippen LogP contribution in [0.5, 0.6) is 5.75 Å². The van der Waals surface area contributed by atoms with Crippen molar-refractivity contribution in [1.29, 1.82) is 0 Å². The summed E-state index contributed by atoms with van der Waals surface area (Å²) in [6, 6.07) is 6.14. The predicted molar refractivity (Wildman–Crippen MR) is 129 cm³/mol. The van der Waals surface area contributed by atoms with Gasteiger partial charge in [-0.2, -0.15) is 0 Å². The maximum atomic E-state index is 11.6. The number of unbranched alkanes of at least 4 members (excludes halogenated alkanes) is 2. The number of nitrogens with one attached hydrogen (secondary N) is 2. The number of aryl methyl sites for hydroxylation is 1. The molecule has 6 nitrogen and oxygen atoms in total. The van der Waals surface area contributed by atoms with Crippen LogP contribution in [0.1, 0.15) is 51.2 Å². The summed E-state index contributed by atoms with van der Waals surface area (Å²) >= 11 is 0. The molecule has 0 heterocycles. The molecule has 0 aliphatic rings. The van der Waals surface area contributed by atoms with E-state index in [-0.39, 0.29) is 35.5 Å². The van der Waals surface area contributed by atoms with Crippen LogP contribution in [0.15, 0.2) is 23.2 Å². The van der Waals surface area contributed by atoms with Gasteiger partial charge in [0.2, 0.25) is 0 Å². The normalized spacial score (nSPS) is 11.6. The second kappa shape index (κ2) is 14.9. The Hall–Kier alpha value is -1.03. The van der Waals surface area contributed by atoms with E-state index in [1.54, 1.807) is 6.92 Å². The van der Waals surface area contributed by atoms with Crippen LogP contribution in [0.25, 0.3) is 0 Å². The van der Waals surface area contributed by atoms with E-state index in [4.69, 9.17) is 4.74 Å². The highest BCUT2D eigenvalue weighted by Gasteiger charge is 2.08. The molecule has 0 saturated carbocycles. The summed E-state index contributed by atoms with van der Waals surface area (Å²) in [4.78, 5) is 4.58.